The predicted molar refractivity (Wildman–Crippen MR) is 57.7 cm³/mol. The molecule has 0 radical (unpaired) electrons. The fourth-order valence-corrected chi connectivity index (χ4v) is 2.03. The smallest absolute Gasteiger partial charge is 0.161 e. The van der Waals surface area contributed by atoms with Crippen LogP contribution in [0.3, 0.4) is 0 Å². The van der Waals surface area contributed by atoms with E-state index in [4.69, 9.17) is 9.47 Å². The van der Waals surface area contributed by atoms with Gasteiger partial charge in [-0.25, -0.2) is 0 Å². The van der Waals surface area contributed by atoms with Crippen molar-refractivity contribution in [2.75, 3.05) is 13.2 Å². The van der Waals surface area contributed by atoms with Gasteiger partial charge < -0.3 is 9.47 Å². The van der Waals surface area contributed by atoms with Gasteiger partial charge in [-0.15, -0.1) is 11.7 Å². The van der Waals surface area contributed by atoms with Gasteiger partial charge in [0.05, 0.1) is 0 Å². The maximum absolute atomic E-state index is 5.45. The molecule has 0 N–H and O–H groups in total. The lowest BCUT2D eigenvalue weighted by molar-refractivity contribution is 0.171. The van der Waals surface area contributed by atoms with Crippen molar-refractivity contribution in [1.82, 2.24) is 0 Å². The first-order valence-electron chi connectivity index (χ1n) is 4.05. The van der Waals surface area contributed by atoms with Crippen LogP contribution < -0.4 is 9.47 Å². The van der Waals surface area contributed by atoms with E-state index in [0.717, 1.165) is 17.3 Å². The molecule has 0 fully saturated rings. The second kappa shape index (κ2) is 4.15. The lowest BCUT2D eigenvalue weighted by Crippen LogP contribution is -2.15. The van der Waals surface area contributed by atoms with Crippen LogP contribution in [-0.4, -0.2) is 13.2 Å². The van der Waals surface area contributed by atoms with E-state index in [2.05, 4.69) is 11.7 Å². The van der Waals surface area contributed by atoms with Crippen molar-refractivity contribution in [3.63, 3.8) is 0 Å². The molecular formula is C9H10O2S2. The summed E-state index contributed by atoms with van der Waals surface area (Å²) in [4.78, 5) is 0. The molecule has 4 heteroatoms. The van der Waals surface area contributed by atoms with Gasteiger partial charge >= 0.3 is 0 Å². The molecule has 1 aromatic rings. The maximum Gasteiger partial charge on any atom is 0.161 e. The number of rotatable bonds is 2. The zero-order valence-corrected chi connectivity index (χ0v) is 8.74. The van der Waals surface area contributed by atoms with E-state index in [1.54, 1.807) is 0 Å². The Balaban J connectivity index is 2.24. The second-order valence-corrected chi connectivity index (χ2v) is 4.07. The summed E-state index contributed by atoms with van der Waals surface area (Å²) < 4.78 is 10.9. The Bertz CT molecular complexity index is 302. The van der Waals surface area contributed by atoms with Gasteiger partial charge in [-0.1, -0.05) is 16.9 Å². The van der Waals surface area contributed by atoms with Gasteiger partial charge in [-0.2, -0.15) is 0 Å². The number of benzene rings is 1. The summed E-state index contributed by atoms with van der Waals surface area (Å²) in [7, 11) is 1.50. The van der Waals surface area contributed by atoms with Crippen LogP contribution in [0.2, 0.25) is 0 Å². The van der Waals surface area contributed by atoms with Crippen LogP contribution in [0.1, 0.15) is 5.56 Å². The molecule has 0 spiro atoms. The van der Waals surface area contributed by atoms with Crippen LogP contribution in [-0.2, 0) is 5.75 Å². The molecule has 0 bridgehead atoms. The summed E-state index contributed by atoms with van der Waals surface area (Å²) in [5.41, 5.74) is 1.21. The first-order chi connectivity index (χ1) is 6.40. The van der Waals surface area contributed by atoms with E-state index in [-0.39, 0.29) is 0 Å². The zero-order chi connectivity index (χ0) is 9.10. The van der Waals surface area contributed by atoms with Crippen molar-refractivity contribution in [3.05, 3.63) is 23.8 Å². The highest BCUT2D eigenvalue weighted by atomic mass is 33.1. The first-order valence-corrected chi connectivity index (χ1v) is 6.09. The van der Waals surface area contributed by atoms with E-state index < -0.39 is 0 Å². The highest BCUT2D eigenvalue weighted by Gasteiger charge is 2.10. The number of hydrogen-bond donors (Lipinski definition) is 1. The minimum Gasteiger partial charge on any atom is -0.486 e. The molecule has 0 amide bonds. The maximum atomic E-state index is 5.45. The van der Waals surface area contributed by atoms with Crippen molar-refractivity contribution in [2.45, 2.75) is 5.75 Å². The van der Waals surface area contributed by atoms with E-state index in [1.807, 2.05) is 18.2 Å². The zero-order valence-electron chi connectivity index (χ0n) is 7.03. The molecule has 70 valence electrons. The minimum absolute atomic E-state index is 0.643. The molecule has 0 aliphatic carbocycles. The minimum atomic E-state index is 0.643. The van der Waals surface area contributed by atoms with E-state index in [9.17, 15) is 0 Å². The molecule has 0 aromatic heterocycles. The third-order valence-electron chi connectivity index (χ3n) is 1.84. The summed E-state index contributed by atoms with van der Waals surface area (Å²) in [6, 6.07) is 6.00. The second-order valence-electron chi connectivity index (χ2n) is 2.75. The molecule has 1 aliphatic heterocycles. The number of ether oxygens (including phenoxy) is 2. The molecule has 0 saturated carbocycles. The lowest BCUT2D eigenvalue weighted by atomic mass is 10.2. The molecule has 13 heavy (non-hydrogen) atoms. The van der Waals surface area contributed by atoms with Crippen molar-refractivity contribution in [2.24, 2.45) is 0 Å². The van der Waals surface area contributed by atoms with Gasteiger partial charge in [-0.05, 0) is 17.7 Å². The lowest BCUT2D eigenvalue weighted by Gasteiger charge is -2.18. The third-order valence-corrected chi connectivity index (χ3v) is 2.69. The Kier molecular flexibility index (Phi) is 2.90. The van der Waals surface area contributed by atoms with Crippen LogP contribution in [0.5, 0.6) is 11.5 Å². The Morgan fingerprint density at radius 2 is 2.00 bits per heavy atom. The van der Waals surface area contributed by atoms with Gasteiger partial charge in [-0.3, -0.25) is 0 Å². The normalized spacial score (nSPS) is 14.2. The van der Waals surface area contributed by atoms with Crippen LogP contribution in [0.25, 0.3) is 0 Å². The average molecular weight is 214 g/mol. The van der Waals surface area contributed by atoms with Crippen LogP contribution in [0.15, 0.2) is 18.2 Å². The van der Waals surface area contributed by atoms with Crippen LogP contribution in [0, 0.1) is 0 Å². The first kappa shape index (κ1) is 9.09. The molecule has 0 atom stereocenters. The van der Waals surface area contributed by atoms with Crippen molar-refractivity contribution in [1.29, 1.82) is 0 Å². The SMILES string of the molecule is SSCc1ccc2c(c1)OCCO2. The van der Waals surface area contributed by atoms with Gasteiger partial charge in [0, 0.05) is 5.75 Å². The summed E-state index contributed by atoms with van der Waals surface area (Å²) in [5, 5.41) is 0. The van der Waals surface area contributed by atoms with Crippen LogP contribution in [0.4, 0.5) is 0 Å². The Labute approximate surface area is 86.4 Å². The molecule has 0 saturated heterocycles. The van der Waals surface area contributed by atoms with E-state index in [1.165, 1.54) is 16.4 Å². The van der Waals surface area contributed by atoms with Gasteiger partial charge in [0.25, 0.3) is 0 Å². The highest BCUT2D eigenvalue weighted by Crippen LogP contribution is 2.32. The highest BCUT2D eigenvalue weighted by molar-refractivity contribution is 8.68. The molecule has 2 rings (SSSR count). The van der Waals surface area contributed by atoms with E-state index >= 15 is 0 Å². The third kappa shape index (κ3) is 2.06. The Morgan fingerprint density at radius 1 is 1.23 bits per heavy atom. The molecule has 1 aliphatic rings. The van der Waals surface area contributed by atoms with Gasteiger partial charge in [0.15, 0.2) is 11.5 Å². The quantitative estimate of drug-likeness (QED) is 0.603. The van der Waals surface area contributed by atoms with Crippen molar-refractivity contribution < 1.29 is 9.47 Å². The monoisotopic (exact) mass is 214 g/mol. The standard InChI is InChI=1S/C9H10O2S2/c12-13-6-7-1-2-8-9(5-7)11-4-3-10-8/h1-2,5,12H,3-4,6H2. The number of fused-ring (bicyclic) bond motifs is 1. The molecule has 0 unspecified atom stereocenters. The predicted octanol–water partition coefficient (Wildman–Crippen LogP) is 2.54. The summed E-state index contributed by atoms with van der Waals surface area (Å²) in [5.74, 6) is 2.59. The fourth-order valence-electron chi connectivity index (χ4n) is 1.25. The van der Waals surface area contributed by atoms with E-state index in [0.29, 0.717) is 13.2 Å². The summed E-state index contributed by atoms with van der Waals surface area (Å²) >= 11 is 4.10. The van der Waals surface area contributed by atoms with Crippen LogP contribution >= 0.6 is 22.5 Å². The van der Waals surface area contributed by atoms with Crippen molar-refractivity contribution in [3.8, 4) is 11.5 Å². The Morgan fingerprint density at radius 3 is 2.77 bits per heavy atom. The Hall–Kier alpha value is -0.480. The van der Waals surface area contributed by atoms with Gasteiger partial charge in [0.2, 0.25) is 0 Å². The fraction of sp³-hybridized carbons (Fsp3) is 0.333. The largest absolute Gasteiger partial charge is 0.486 e. The topological polar surface area (TPSA) is 18.5 Å². The molecular weight excluding hydrogens is 204 g/mol. The molecule has 2 nitrogen and oxygen atoms in total. The van der Waals surface area contributed by atoms with Crippen molar-refractivity contribution >= 4 is 22.5 Å². The number of hydrogen-bond acceptors (Lipinski definition) is 4. The summed E-state index contributed by atoms with van der Waals surface area (Å²) in [6.45, 7) is 1.29. The molecule has 1 aromatic carbocycles. The molecule has 1 heterocycles. The average Bonchev–Trinajstić information content (AvgIpc) is 2.18. The number of thiol groups is 1. The summed E-state index contributed by atoms with van der Waals surface area (Å²) in [6.07, 6.45) is 0. The van der Waals surface area contributed by atoms with Gasteiger partial charge in [0.1, 0.15) is 13.2 Å².